The van der Waals surface area contributed by atoms with Gasteiger partial charge in [-0.05, 0) is 18.2 Å². The minimum Gasteiger partial charge on any atom is -0.259 e. The molecule has 1 N–H and O–H groups in total. The summed E-state index contributed by atoms with van der Waals surface area (Å²) in [5.74, 6) is 0.716. The Morgan fingerprint density at radius 1 is 0.962 bits per heavy atom. The minimum absolute atomic E-state index is 0.0911. The molecule has 3 aromatic rings. The zero-order valence-electron chi connectivity index (χ0n) is 13.6. The summed E-state index contributed by atoms with van der Waals surface area (Å²) in [6.45, 7) is 0. The van der Waals surface area contributed by atoms with Crippen molar-refractivity contribution >= 4 is 23.0 Å². The lowest BCUT2D eigenvalue weighted by Crippen LogP contribution is -2.02. The summed E-state index contributed by atoms with van der Waals surface area (Å²) < 4.78 is 0. The summed E-state index contributed by atoms with van der Waals surface area (Å²) in [6, 6.07) is 21.4. The molecule has 0 aliphatic heterocycles. The number of hydrazone groups is 1. The molecular weight excluding hydrogens is 332 g/mol. The van der Waals surface area contributed by atoms with Crippen LogP contribution in [0.1, 0.15) is 5.56 Å². The second kappa shape index (κ2) is 8.25. The average molecular weight is 346 g/mol. The second-order valence-corrected chi connectivity index (χ2v) is 5.11. The summed E-state index contributed by atoms with van der Waals surface area (Å²) >= 11 is 0. The Hall–Kier alpha value is -3.94. The van der Waals surface area contributed by atoms with Gasteiger partial charge in [-0.2, -0.15) is 5.10 Å². The maximum atomic E-state index is 10.7. The smallest absolute Gasteiger partial charge is 0.259 e. The number of amidine groups is 1. The van der Waals surface area contributed by atoms with E-state index in [0.29, 0.717) is 17.3 Å². The number of benzene rings is 2. The van der Waals surface area contributed by atoms with Crippen LogP contribution in [-0.4, -0.2) is 15.7 Å². The first kappa shape index (κ1) is 16.9. The lowest BCUT2D eigenvalue weighted by atomic mass is 10.2. The fourth-order valence-electron chi connectivity index (χ4n) is 2.00. The molecule has 0 unspecified atom stereocenters. The number of hydrogen-bond donors (Lipinski definition) is 1. The SMILES string of the molecule is O=[N+]([O-])c1ccc(N/N=C(/N=N/c2ccccc2)c2ccccc2)nc1. The number of nitro groups is 1. The topological polar surface area (TPSA) is 105 Å². The van der Waals surface area contributed by atoms with Gasteiger partial charge in [0.2, 0.25) is 5.84 Å². The van der Waals surface area contributed by atoms with Gasteiger partial charge < -0.3 is 0 Å². The van der Waals surface area contributed by atoms with E-state index in [2.05, 4.69) is 25.7 Å². The average Bonchev–Trinajstić information content (AvgIpc) is 2.70. The van der Waals surface area contributed by atoms with Gasteiger partial charge in [-0.15, -0.1) is 10.2 Å². The standard InChI is InChI=1S/C18H14N6O2/c25-24(26)16-11-12-17(19-13-16)21-23-18(14-7-3-1-4-8-14)22-20-15-9-5-2-6-10-15/h1-13H,(H,19,21)/b22-20+,23-18+. The molecule has 0 aliphatic carbocycles. The molecule has 0 bridgehead atoms. The molecule has 0 atom stereocenters. The van der Waals surface area contributed by atoms with E-state index in [0.717, 1.165) is 11.8 Å². The number of pyridine rings is 1. The Morgan fingerprint density at radius 3 is 2.27 bits per heavy atom. The van der Waals surface area contributed by atoms with Crippen molar-refractivity contribution in [3.8, 4) is 0 Å². The molecule has 0 saturated carbocycles. The first-order chi connectivity index (χ1) is 12.7. The Balaban J connectivity index is 1.84. The number of hydrogen-bond acceptors (Lipinski definition) is 6. The van der Waals surface area contributed by atoms with Gasteiger partial charge in [0.05, 0.1) is 10.6 Å². The van der Waals surface area contributed by atoms with E-state index < -0.39 is 4.92 Å². The molecule has 0 saturated heterocycles. The van der Waals surface area contributed by atoms with Crippen LogP contribution in [0.25, 0.3) is 0 Å². The molecule has 8 heteroatoms. The number of aromatic nitrogens is 1. The van der Waals surface area contributed by atoms with Crippen LogP contribution in [0.3, 0.4) is 0 Å². The fraction of sp³-hybridized carbons (Fsp3) is 0. The van der Waals surface area contributed by atoms with Crippen molar-refractivity contribution in [2.24, 2.45) is 15.3 Å². The number of rotatable bonds is 5. The van der Waals surface area contributed by atoms with Gasteiger partial charge in [-0.3, -0.25) is 15.5 Å². The molecule has 0 radical (unpaired) electrons. The minimum atomic E-state index is -0.510. The Labute approximate surface area is 149 Å². The van der Waals surface area contributed by atoms with Crippen LogP contribution in [0.2, 0.25) is 0 Å². The van der Waals surface area contributed by atoms with Crippen molar-refractivity contribution < 1.29 is 4.92 Å². The van der Waals surface area contributed by atoms with Gasteiger partial charge in [0.15, 0.2) is 0 Å². The van der Waals surface area contributed by atoms with Gasteiger partial charge in [0, 0.05) is 11.6 Å². The third-order valence-electron chi connectivity index (χ3n) is 3.28. The van der Waals surface area contributed by atoms with E-state index in [1.54, 1.807) is 0 Å². The van der Waals surface area contributed by atoms with Crippen LogP contribution in [0, 0.1) is 10.1 Å². The highest BCUT2D eigenvalue weighted by Crippen LogP contribution is 2.14. The zero-order chi connectivity index (χ0) is 18.2. The summed E-state index contributed by atoms with van der Waals surface area (Å²) in [4.78, 5) is 14.1. The van der Waals surface area contributed by atoms with Gasteiger partial charge in [0.25, 0.3) is 5.69 Å². The molecule has 8 nitrogen and oxygen atoms in total. The molecule has 3 rings (SSSR count). The molecular formula is C18H14N6O2. The Bertz CT molecular complexity index is 925. The summed E-state index contributed by atoms with van der Waals surface area (Å²) in [7, 11) is 0. The van der Waals surface area contributed by atoms with E-state index in [1.165, 1.54) is 12.1 Å². The van der Waals surface area contributed by atoms with E-state index in [-0.39, 0.29) is 5.69 Å². The molecule has 1 aromatic heterocycles. The van der Waals surface area contributed by atoms with Crippen molar-refractivity contribution in [2.45, 2.75) is 0 Å². The van der Waals surface area contributed by atoms with Gasteiger partial charge in [0.1, 0.15) is 12.0 Å². The van der Waals surface area contributed by atoms with Gasteiger partial charge in [-0.1, -0.05) is 48.5 Å². The van der Waals surface area contributed by atoms with Crippen LogP contribution in [0.4, 0.5) is 17.2 Å². The lowest BCUT2D eigenvalue weighted by Gasteiger charge is -2.02. The van der Waals surface area contributed by atoms with E-state index in [1.807, 2.05) is 60.7 Å². The highest BCUT2D eigenvalue weighted by molar-refractivity contribution is 5.99. The summed E-state index contributed by atoms with van der Waals surface area (Å²) in [5, 5.41) is 23.3. The number of nitrogens with zero attached hydrogens (tertiary/aromatic N) is 5. The van der Waals surface area contributed by atoms with Crippen molar-refractivity contribution in [1.82, 2.24) is 4.98 Å². The molecule has 26 heavy (non-hydrogen) atoms. The largest absolute Gasteiger partial charge is 0.287 e. The monoisotopic (exact) mass is 346 g/mol. The molecule has 0 aliphatic rings. The van der Waals surface area contributed by atoms with E-state index in [9.17, 15) is 10.1 Å². The summed E-state index contributed by atoms with van der Waals surface area (Å²) in [6.07, 6.45) is 1.16. The van der Waals surface area contributed by atoms with Crippen molar-refractivity contribution in [3.63, 3.8) is 0 Å². The highest BCUT2D eigenvalue weighted by atomic mass is 16.6. The maximum Gasteiger partial charge on any atom is 0.287 e. The molecule has 0 fully saturated rings. The summed E-state index contributed by atoms with van der Waals surface area (Å²) in [5.41, 5.74) is 4.12. The van der Waals surface area contributed by atoms with Crippen LogP contribution in [0.15, 0.2) is 94.3 Å². The van der Waals surface area contributed by atoms with Crippen LogP contribution in [-0.2, 0) is 0 Å². The Kier molecular flexibility index (Phi) is 5.36. The third kappa shape index (κ3) is 4.54. The van der Waals surface area contributed by atoms with Crippen molar-refractivity contribution in [3.05, 3.63) is 94.7 Å². The Morgan fingerprint density at radius 2 is 1.65 bits per heavy atom. The van der Waals surface area contributed by atoms with Crippen molar-refractivity contribution in [2.75, 3.05) is 5.43 Å². The van der Waals surface area contributed by atoms with E-state index >= 15 is 0 Å². The maximum absolute atomic E-state index is 10.7. The number of azo groups is 1. The number of anilines is 1. The third-order valence-corrected chi connectivity index (χ3v) is 3.28. The first-order valence-corrected chi connectivity index (χ1v) is 7.69. The molecule has 1 heterocycles. The predicted molar refractivity (Wildman–Crippen MR) is 98.5 cm³/mol. The van der Waals surface area contributed by atoms with Crippen LogP contribution in [0.5, 0.6) is 0 Å². The van der Waals surface area contributed by atoms with Crippen LogP contribution >= 0.6 is 0 Å². The second-order valence-electron chi connectivity index (χ2n) is 5.11. The molecule has 128 valence electrons. The zero-order valence-corrected chi connectivity index (χ0v) is 13.6. The van der Waals surface area contributed by atoms with Gasteiger partial charge in [-0.25, -0.2) is 4.98 Å². The van der Waals surface area contributed by atoms with E-state index in [4.69, 9.17) is 0 Å². The lowest BCUT2D eigenvalue weighted by molar-refractivity contribution is -0.385. The normalized spacial score (nSPS) is 11.5. The number of nitrogens with one attached hydrogen (secondary N) is 1. The highest BCUT2D eigenvalue weighted by Gasteiger charge is 2.06. The fourth-order valence-corrected chi connectivity index (χ4v) is 2.00. The van der Waals surface area contributed by atoms with Gasteiger partial charge >= 0.3 is 0 Å². The molecule has 2 aromatic carbocycles. The van der Waals surface area contributed by atoms with Crippen molar-refractivity contribution in [1.29, 1.82) is 0 Å². The molecule has 0 spiro atoms. The van der Waals surface area contributed by atoms with Crippen LogP contribution < -0.4 is 5.43 Å². The predicted octanol–water partition coefficient (Wildman–Crippen LogP) is 4.55. The quantitative estimate of drug-likeness (QED) is 0.240. The first-order valence-electron chi connectivity index (χ1n) is 7.69. The molecule has 0 amide bonds.